The van der Waals surface area contributed by atoms with Crippen LogP contribution in [0.25, 0.3) is 0 Å². The highest BCUT2D eigenvalue weighted by atomic mass is 16.5. The molecule has 0 unspecified atom stereocenters. The average Bonchev–Trinajstić information content (AvgIpc) is 2.97. The highest BCUT2D eigenvalue weighted by Crippen LogP contribution is 2.17. The number of unbranched alkanes of at least 4 members (excludes halogenated alkanes) is 18. The van der Waals surface area contributed by atoms with Crippen molar-refractivity contribution in [1.29, 1.82) is 0 Å². The Hall–Kier alpha value is -1.14. The molecule has 0 rings (SSSR count). The van der Waals surface area contributed by atoms with E-state index in [-0.39, 0.29) is 31.2 Å². The third kappa shape index (κ3) is 29.0. The summed E-state index contributed by atoms with van der Waals surface area (Å²) in [4.78, 5) is 26.7. The average molecular weight is 598 g/mol. The number of rotatable bonds is 33. The van der Waals surface area contributed by atoms with Gasteiger partial charge in [0.05, 0.1) is 19.8 Å². The Bertz CT molecular complexity index is 569. The first-order chi connectivity index (χ1) is 20.6. The molecule has 0 bridgehead atoms. The van der Waals surface area contributed by atoms with Crippen molar-refractivity contribution in [1.82, 2.24) is 4.90 Å². The minimum Gasteiger partial charge on any atom is -0.466 e. The molecule has 0 saturated heterocycles. The largest absolute Gasteiger partial charge is 0.466 e. The summed E-state index contributed by atoms with van der Waals surface area (Å²) in [6.07, 6.45) is 28.5. The van der Waals surface area contributed by atoms with Crippen LogP contribution < -0.4 is 0 Å². The number of nitrogens with zero attached hydrogens (tertiary/aromatic N) is 1. The Morgan fingerprint density at radius 3 is 1.60 bits per heavy atom. The van der Waals surface area contributed by atoms with Crippen molar-refractivity contribution in [2.45, 2.75) is 187 Å². The number of ether oxygens (including phenoxy) is 2. The summed E-state index contributed by atoms with van der Waals surface area (Å²) in [5.74, 6) is -0.181. The summed E-state index contributed by atoms with van der Waals surface area (Å²) in [5, 5.41) is 9.55. The zero-order chi connectivity index (χ0) is 30.9. The highest BCUT2D eigenvalue weighted by molar-refractivity contribution is 5.71. The van der Waals surface area contributed by atoms with Crippen molar-refractivity contribution >= 4 is 11.9 Å². The Morgan fingerprint density at radius 2 is 1.05 bits per heavy atom. The highest BCUT2D eigenvalue weighted by Gasteiger charge is 2.17. The molecule has 250 valence electrons. The fraction of sp³-hybridized carbons (Fsp3) is 0.944. The van der Waals surface area contributed by atoms with Crippen LogP contribution >= 0.6 is 0 Å². The molecule has 0 heterocycles. The van der Waals surface area contributed by atoms with Crippen LogP contribution in [-0.4, -0.2) is 60.9 Å². The predicted molar refractivity (Wildman–Crippen MR) is 177 cm³/mol. The number of carbonyl (C=O) groups is 2. The van der Waals surface area contributed by atoms with Gasteiger partial charge in [-0.05, 0) is 51.5 Å². The third-order valence-electron chi connectivity index (χ3n) is 8.19. The second kappa shape index (κ2) is 32.8. The number of hydrogen-bond acceptors (Lipinski definition) is 6. The van der Waals surface area contributed by atoms with E-state index in [0.717, 1.165) is 90.0 Å². The van der Waals surface area contributed by atoms with Crippen molar-refractivity contribution in [2.75, 3.05) is 32.8 Å². The number of hydrogen-bond donors (Lipinski definition) is 1. The van der Waals surface area contributed by atoms with Crippen molar-refractivity contribution < 1.29 is 24.2 Å². The molecule has 0 aromatic rings. The minimum atomic E-state index is -0.130. The van der Waals surface area contributed by atoms with Gasteiger partial charge in [0.2, 0.25) is 0 Å². The van der Waals surface area contributed by atoms with Gasteiger partial charge in [0.15, 0.2) is 0 Å². The van der Waals surface area contributed by atoms with Gasteiger partial charge in [-0.15, -0.1) is 0 Å². The molecule has 0 saturated carbocycles. The molecular weight excluding hydrogens is 526 g/mol. The van der Waals surface area contributed by atoms with E-state index in [1.54, 1.807) is 0 Å². The van der Waals surface area contributed by atoms with E-state index >= 15 is 0 Å². The van der Waals surface area contributed by atoms with Gasteiger partial charge in [-0.2, -0.15) is 0 Å². The topological polar surface area (TPSA) is 76.1 Å². The third-order valence-corrected chi connectivity index (χ3v) is 8.19. The molecule has 1 N–H and O–H groups in total. The molecule has 0 aliphatic carbocycles. The maximum atomic E-state index is 12.9. The molecule has 0 radical (unpaired) electrons. The van der Waals surface area contributed by atoms with E-state index in [0.29, 0.717) is 19.6 Å². The lowest BCUT2D eigenvalue weighted by atomic mass is 10.0. The maximum absolute atomic E-state index is 12.9. The van der Waals surface area contributed by atoms with E-state index in [2.05, 4.69) is 25.7 Å². The van der Waals surface area contributed by atoms with Gasteiger partial charge >= 0.3 is 11.9 Å². The first-order valence-electron chi connectivity index (χ1n) is 18.3. The quantitative estimate of drug-likeness (QED) is 0.0600. The van der Waals surface area contributed by atoms with Crippen LogP contribution in [0.5, 0.6) is 0 Å². The van der Waals surface area contributed by atoms with E-state index in [1.165, 1.54) is 70.6 Å². The normalized spacial score (nSPS) is 11.5. The zero-order valence-electron chi connectivity index (χ0n) is 28.3. The van der Waals surface area contributed by atoms with Crippen LogP contribution in [0.15, 0.2) is 0 Å². The van der Waals surface area contributed by atoms with Gasteiger partial charge in [0.25, 0.3) is 0 Å². The fourth-order valence-electron chi connectivity index (χ4n) is 5.48. The van der Waals surface area contributed by atoms with Crippen LogP contribution in [-0.2, 0) is 19.1 Å². The lowest BCUT2D eigenvalue weighted by Gasteiger charge is -2.23. The lowest BCUT2D eigenvalue weighted by Crippen LogP contribution is -2.35. The minimum absolute atomic E-state index is 0.0359. The van der Waals surface area contributed by atoms with Crippen LogP contribution in [0.1, 0.15) is 181 Å². The van der Waals surface area contributed by atoms with Gasteiger partial charge in [0, 0.05) is 13.0 Å². The Balaban J connectivity index is 4.21. The lowest BCUT2D eigenvalue weighted by molar-refractivity contribution is -0.151. The van der Waals surface area contributed by atoms with Gasteiger partial charge < -0.3 is 14.6 Å². The number of aliphatic hydroxyl groups excluding tert-OH is 1. The molecule has 42 heavy (non-hydrogen) atoms. The summed E-state index contributed by atoms with van der Waals surface area (Å²) in [7, 11) is 0. The molecule has 6 heteroatoms. The Labute approximate surface area is 261 Å². The number of aliphatic hydroxyl groups is 1. The Kier molecular flexibility index (Phi) is 31.9. The van der Waals surface area contributed by atoms with Gasteiger partial charge in [-0.1, -0.05) is 130 Å². The second-order valence-corrected chi connectivity index (χ2v) is 12.4. The predicted octanol–water partition coefficient (Wildman–Crippen LogP) is 9.55. The van der Waals surface area contributed by atoms with E-state index < -0.39 is 0 Å². The standard InChI is InChI=1S/C36H71NO5/c1-4-7-10-12-17-21-26-34(27-22-18-13-11-8-5-2)42-36(40)33-37(30-31-38)29-24-20-16-14-15-19-23-28-35(39)41-32-25-9-6-3/h34,38H,4-33H2,1-3H3. The second-order valence-electron chi connectivity index (χ2n) is 12.4. The number of carbonyl (C=O) groups excluding carboxylic acids is 2. The fourth-order valence-corrected chi connectivity index (χ4v) is 5.48. The first kappa shape index (κ1) is 40.9. The van der Waals surface area contributed by atoms with Gasteiger partial charge in [-0.25, -0.2) is 0 Å². The maximum Gasteiger partial charge on any atom is 0.320 e. The summed E-state index contributed by atoms with van der Waals surface area (Å²) in [6.45, 7) is 8.88. The summed E-state index contributed by atoms with van der Waals surface area (Å²) >= 11 is 0. The molecule has 0 aromatic heterocycles. The van der Waals surface area contributed by atoms with Crippen molar-refractivity contribution in [3.05, 3.63) is 0 Å². The van der Waals surface area contributed by atoms with Crippen LogP contribution in [0, 0.1) is 0 Å². The molecule has 0 aliphatic heterocycles. The molecule has 0 aliphatic rings. The smallest absolute Gasteiger partial charge is 0.320 e. The van der Waals surface area contributed by atoms with Crippen LogP contribution in [0.3, 0.4) is 0 Å². The van der Waals surface area contributed by atoms with Gasteiger partial charge in [-0.3, -0.25) is 14.5 Å². The van der Waals surface area contributed by atoms with Crippen molar-refractivity contribution in [2.24, 2.45) is 0 Å². The molecule has 0 amide bonds. The van der Waals surface area contributed by atoms with Crippen LogP contribution in [0.2, 0.25) is 0 Å². The van der Waals surface area contributed by atoms with Crippen molar-refractivity contribution in [3.8, 4) is 0 Å². The van der Waals surface area contributed by atoms with Crippen molar-refractivity contribution in [3.63, 3.8) is 0 Å². The molecule has 0 atom stereocenters. The molecule has 0 aromatic carbocycles. The summed E-state index contributed by atoms with van der Waals surface area (Å²) < 4.78 is 11.3. The monoisotopic (exact) mass is 598 g/mol. The van der Waals surface area contributed by atoms with Crippen LogP contribution in [0.4, 0.5) is 0 Å². The summed E-state index contributed by atoms with van der Waals surface area (Å²) in [5.41, 5.74) is 0. The SMILES string of the molecule is CCCCCCCCC(CCCCCCCC)OC(=O)CN(CCO)CCCCCCCCCC(=O)OCCCCC. The zero-order valence-corrected chi connectivity index (χ0v) is 28.3. The molecular formula is C36H71NO5. The summed E-state index contributed by atoms with van der Waals surface area (Å²) in [6, 6.07) is 0. The number of esters is 2. The molecule has 0 fully saturated rings. The van der Waals surface area contributed by atoms with E-state index in [4.69, 9.17) is 9.47 Å². The molecule has 0 spiro atoms. The Morgan fingerprint density at radius 1 is 0.571 bits per heavy atom. The van der Waals surface area contributed by atoms with E-state index in [9.17, 15) is 14.7 Å². The van der Waals surface area contributed by atoms with Gasteiger partial charge in [0.1, 0.15) is 6.10 Å². The van der Waals surface area contributed by atoms with E-state index in [1.807, 2.05) is 0 Å². The first-order valence-corrected chi connectivity index (χ1v) is 18.3. The molecule has 6 nitrogen and oxygen atoms in total.